The van der Waals surface area contributed by atoms with Crippen LogP contribution in [0.15, 0.2) is 108 Å². The van der Waals surface area contributed by atoms with Crippen LogP contribution in [0.4, 0.5) is 5.82 Å². The molecule has 1 saturated heterocycles. The molecule has 0 radical (unpaired) electrons. The molecule has 1 aliphatic rings. The van der Waals surface area contributed by atoms with Crippen molar-refractivity contribution in [3.63, 3.8) is 0 Å². The molecule has 0 aliphatic carbocycles. The van der Waals surface area contributed by atoms with Gasteiger partial charge in [-0.15, -0.1) is 0 Å². The normalized spacial score (nSPS) is 19.8. The van der Waals surface area contributed by atoms with Crippen molar-refractivity contribution in [2.45, 2.75) is 30.1 Å². The van der Waals surface area contributed by atoms with Gasteiger partial charge in [-0.3, -0.25) is 19.5 Å². The number of hydrogen-bond donors (Lipinski definition) is 6. The van der Waals surface area contributed by atoms with E-state index in [9.17, 15) is 29.7 Å². The third-order valence-corrected chi connectivity index (χ3v) is 7.47. The van der Waals surface area contributed by atoms with Crippen LogP contribution < -0.4 is 21.6 Å². The lowest BCUT2D eigenvalue weighted by Gasteiger charge is -2.37. The molecule has 2 heterocycles. The van der Waals surface area contributed by atoms with Gasteiger partial charge in [-0.1, -0.05) is 91.0 Å². The zero-order valence-electron chi connectivity index (χ0n) is 23.6. The second-order valence-corrected chi connectivity index (χ2v) is 10.3. The van der Waals surface area contributed by atoms with Crippen molar-refractivity contribution in [1.82, 2.24) is 20.2 Å². The van der Waals surface area contributed by atoms with Crippen LogP contribution in [0.3, 0.4) is 0 Å². The molecule has 5 rings (SSSR count). The molecule has 12 heteroatoms. The van der Waals surface area contributed by atoms with Crippen LogP contribution >= 0.6 is 0 Å². The maximum atomic E-state index is 13.0. The fourth-order valence-corrected chi connectivity index (χ4v) is 5.30. The molecule has 1 aromatic heterocycles. The molecule has 2 amide bonds. The highest BCUT2D eigenvalue weighted by Crippen LogP contribution is 2.36. The molecule has 228 valence electrons. The van der Waals surface area contributed by atoms with Crippen LogP contribution in [0.25, 0.3) is 0 Å². The van der Waals surface area contributed by atoms with Gasteiger partial charge in [0.15, 0.2) is 6.23 Å². The molecule has 3 aromatic carbocycles. The smallest absolute Gasteiger partial charge is 0.351 e. The second kappa shape index (κ2) is 13.7. The van der Waals surface area contributed by atoms with E-state index in [0.717, 1.165) is 21.3 Å². The first kappa shape index (κ1) is 30.7. The maximum absolute atomic E-state index is 13.0. The molecule has 44 heavy (non-hydrogen) atoms. The van der Waals surface area contributed by atoms with Crippen molar-refractivity contribution in [1.29, 1.82) is 0 Å². The van der Waals surface area contributed by atoms with E-state index in [4.69, 9.17) is 4.74 Å². The average molecular weight is 600 g/mol. The largest absolute Gasteiger partial charge is 0.394 e. The van der Waals surface area contributed by atoms with Crippen molar-refractivity contribution in [3.8, 4) is 0 Å². The Hall–Kier alpha value is -4.72. The van der Waals surface area contributed by atoms with E-state index >= 15 is 0 Å². The van der Waals surface area contributed by atoms with Gasteiger partial charge in [0, 0.05) is 6.20 Å². The Morgan fingerprint density at radius 3 is 1.82 bits per heavy atom. The third-order valence-electron chi connectivity index (χ3n) is 7.47. The molecule has 0 bridgehead atoms. The molecule has 0 unspecified atom stereocenters. The highest BCUT2D eigenvalue weighted by Gasteiger charge is 2.43. The van der Waals surface area contributed by atoms with Gasteiger partial charge in [0.05, 0.1) is 25.2 Å². The number of benzene rings is 3. The fraction of sp³-hybridized carbons (Fsp3) is 0.250. The Bertz CT molecular complexity index is 1520. The minimum Gasteiger partial charge on any atom is -0.394 e. The van der Waals surface area contributed by atoms with Crippen molar-refractivity contribution in [3.05, 3.63) is 130 Å². The van der Waals surface area contributed by atoms with Gasteiger partial charge >= 0.3 is 5.69 Å². The summed E-state index contributed by atoms with van der Waals surface area (Å²) in [6, 6.07) is 30.7. The van der Waals surface area contributed by atoms with Crippen LogP contribution in [0, 0.1) is 0 Å². The number of rotatable bonds is 11. The van der Waals surface area contributed by atoms with Gasteiger partial charge in [-0.25, -0.2) is 4.79 Å². The van der Waals surface area contributed by atoms with E-state index in [-0.39, 0.29) is 18.9 Å². The van der Waals surface area contributed by atoms with Crippen molar-refractivity contribution in [2.75, 3.05) is 25.0 Å². The van der Waals surface area contributed by atoms with E-state index in [2.05, 4.69) is 20.9 Å². The van der Waals surface area contributed by atoms with Crippen LogP contribution in [-0.2, 0) is 19.9 Å². The zero-order valence-corrected chi connectivity index (χ0v) is 23.6. The standard InChI is InChI=1S/C32H33N5O7/c38-20-24-28(41)29(42)30(44-24)37-17-16-25(36-31(37)43)35-27(40)18-33-26(39)19-34-32(21-10-4-1-5-11-21,22-12-6-2-7-13-22)23-14-8-3-9-15-23/h1-17,24,28-30,34,38,41-42H,18-20H2,(H,33,39)(H,35,36,40,43)/t24-,28-,29-,30-/m1/s1. The lowest BCUT2D eigenvalue weighted by Crippen LogP contribution is -2.49. The van der Waals surface area contributed by atoms with Gasteiger partial charge in [0.1, 0.15) is 24.1 Å². The molecule has 0 saturated carbocycles. The summed E-state index contributed by atoms with van der Waals surface area (Å²) in [5.41, 5.74) is 1.08. The van der Waals surface area contributed by atoms with E-state index < -0.39 is 54.2 Å². The molecule has 1 fully saturated rings. The Labute approximate surface area is 253 Å². The summed E-state index contributed by atoms with van der Waals surface area (Å²) in [5, 5.41) is 37.9. The number of ether oxygens (including phenoxy) is 1. The van der Waals surface area contributed by atoms with Crippen molar-refractivity contribution >= 4 is 17.6 Å². The minimum atomic E-state index is -1.46. The van der Waals surface area contributed by atoms with Crippen LogP contribution in [0.2, 0.25) is 0 Å². The van der Waals surface area contributed by atoms with Crippen LogP contribution in [0.5, 0.6) is 0 Å². The first-order chi connectivity index (χ1) is 21.3. The maximum Gasteiger partial charge on any atom is 0.351 e. The Morgan fingerprint density at radius 2 is 1.34 bits per heavy atom. The lowest BCUT2D eigenvalue weighted by atomic mass is 9.77. The first-order valence-electron chi connectivity index (χ1n) is 14.0. The number of aliphatic hydroxyl groups excluding tert-OH is 3. The fourth-order valence-electron chi connectivity index (χ4n) is 5.30. The van der Waals surface area contributed by atoms with Crippen LogP contribution in [-0.4, -0.2) is 74.7 Å². The molecule has 4 aromatic rings. The topological polar surface area (TPSA) is 175 Å². The number of anilines is 1. The molecule has 6 N–H and O–H groups in total. The lowest BCUT2D eigenvalue weighted by molar-refractivity contribution is -0.123. The van der Waals surface area contributed by atoms with E-state index in [0.29, 0.717) is 0 Å². The summed E-state index contributed by atoms with van der Waals surface area (Å²) in [4.78, 5) is 41.9. The molecule has 12 nitrogen and oxygen atoms in total. The molecule has 4 atom stereocenters. The molecule has 1 aliphatic heterocycles. The Balaban J connectivity index is 1.24. The summed E-state index contributed by atoms with van der Waals surface area (Å²) < 4.78 is 6.30. The summed E-state index contributed by atoms with van der Waals surface area (Å²) in [6.45, 7) is -1.04. The number of amides is 2. The van der Waals surface area contributed by atoms with E-state index in [1.54, 1.807) is 0 Å². The summed E-state index contributed by atoms with van der Waals surface area (Å²) in [6.07, 6.45) is -3.91. The quantitative estimate of drug-likeness (QED) is 0.134. The summed E-state index contributed by atoms with van der Waals surface area (Å²) >= 11 is 0. The first-order valence-corrected chi connectivity index (χ1v) is 14.0. The van der Waals surface area contributed by atoms with Crippen molar-refractivity contribution < 1.29 is 29.6 Å². The zero-order chi connectivity index (χ0) is 31.1. The van der Waals surface area contributed by atoms with Crippen LogP contribution in [0.1, 0.15) is 22.9 Å². The third kappa shape index (κ3) is 6.44. The monoisotopic (exact) mass is 599 g/mol. The number of nitrogens with one attached hydrogen (secondary N) is 3. The Kier molecular flexibility index (Phi) is 9.58. The SMILES string of the molecule is O=C(CNC(c1ccccc1)(c1ccccc1)c1ccccc1)NCC(=O)Nc1ccn([C@@H]2O[C@H](CO)[C@@H](O)[C@H]2O)c(=O)n1. The highest BCUT2D eigenvalue weighted by molar-refractivity contribution is 5.94. The summed E-state index contributed by atoms with van der Waals surface area (Å²) in [5.74, 6) is -1.12. The average Bonchev–Trinajstić information content (AvgIpc) is 3.34. The Morgan fingerprint density at radius 1 is 0.795 bits per heavy atom. The van der Waals surface area contributed by atoms with Gasteiger partial charge in [-0.05, 0) is 22.8 Å². The number of carbonyl (C=O) groups excluding carboxylic acids is 2. The number of aromatic nitrogens is 2. The van der Waals surface area contributed by atoms with Gasteiger partial charge in [0.2, 0.25) is 11.8 Å². The van der Waals surface area contributed by atoms with Gasteiger partial charge in [-0.2, -0.15) is 4.98 Å². The molecular weight excluding hydrogens is 566 g/mol. The summed E-state index contributed by atoms with van der Waals surface area (Å²) in [7, 11) is 0. The second-order valence-electron chi connectivity index (χ2n) is 10.3. The van der Waals surface area contributed by atoms with E-state index in [1.807, 2.05) is 91.0 Å². The number of hydrogen-bond acceptors (Lipinski definition) is 9. The molecule has 0 spiro atoms. The number of nitrogens with zero attached hydrogens (tertiary/aromatic N) is 2. The predicted octanol–water partition coefficient (Wildman–Crippen LogP) is 0.491. The highest BCUT2D eigenvalue weighted by atomic mass is 16.6. The minimum absolute atomic E-state index is 0.0772. The number of aliphatic hydroxyl groups is 3. The predicted molar refractivity (Wildman–Crippen MR) is 160 cm³/mol. The number of carbonyl (C=O) groups is 2. The van der Waals surface area contributed by atoms with E-state index in [1.165, 1.54) is 12.3 Å². The van der Waals surface area contributed by atoms with Gasteiger partial charge < -0.3 is 30.7 Å². The van der Waals surface area contributed by atoms with Crippen molar-refractivity contribution in [2.24, 2.45) is 0 Å². The molecular formula is C32H33N5O7. The van der Waals surface area contributed by atoms with Gasteiger partial charge in [0.25, 0.3) is 0 Å².